The Balaban J connectivity index is 3.08. The van der Waals surface area contributed by atoms with Gasteiger partial charge in [-0.3, -0.25) is 4.79 Å². The van der Waals surface area contributed by atoms with E-state index in [9.17, 15) is 4.79 Å². The van der Waals surface area contributed by atoms with Crippen LogP contribution in [0.1, 0.15) is 5.56 Å². The second-order valence-electron chi connectivity index (χ2n) is 2.43. The van der Waals surface area contributed by atoms with Crippen LogP contribution in [-0.4, -0.2) is 11.1 Å². The maximum absolute atomic E-state index is 10.5. The maximum Gasteiger partial charge on any atom is 0.307 e. The third kappa shape index (κ3) is 3.35. The first-order valence-electron chi connectivity index (χ1n) is 3.36. The molecule has 0 saturated heterocycles. The molecule has 5 heteroatoms. The van der Waals surface area contributed by atoms with Gasteiger partial charge in [-0.15, -0.1) is 0 Å². The number of carboxylic acid groups (broad SMARTS) is 1. The zero-order valence-corrected chi connectivity index (χ0v) is 12.3. The standard InChI is InChI=1S/C8H5BrI2O2/c9-5-3-6(10)4(1-7(5)11)2-8(12)13/h1,3H,2H2,(H,12,13). The molecule has 13 heavy (non-hydrogen) atoms. The predicted molar refractivity (Wildman–Crippen MR) is 70.9 cm³/mol. The lowest BCUT2D eigenvalue weighted by atomic mass is 10.2. The van der Waals surface area contributed by atoms with E-state index in [1.165, 1.54) is 0 Å². The normalized spacial score (nSPS) is 10.1. The lowest BCUT2D eigenvalue weighted by Crippen LogP contribution is -2.02. The molecule has 0 aromatic heterocycles. The summed E-state index contributed by atoms with van der Waals surface area (Å²) in [6.07, 6.45) is 0.0849. The van der Waals surface area contributed by atoms with Crippen LogP contribution < -0.4 is 0 Å². The highest BCUT2D eigenvalue weighted by atomic mass is 127. The zero-order valence-electron chi connectivity index (χ0n) is 6.35. The SMILES string of the molecule is O=C(O)Cc1cc(I)c(Br)cc1I. The summed E-state index contributed by atoms with van der Waals surface area (Å²) >= 11 is 7.70. The van der Waals surface area contributed by atoms with Crippen LogP contribution in [0.5, 0.6) is 0 Å². The summed E-state index contributed by atoms with van der Waals surface area (Å²) in [5.74, 6) is -0.795. The molecule has 0 aliphatic carbocycles. The number of carboxylic acids is 1. The molecule has 0 aliphatic rings. The first kappa shape index (κ1) is 11.7. The van der Waals surface area contributed by atoms with Crippen LogP contribution in [0.2, 0.25) is 0 Å². The molecule has 0 amide bonds. The monoisotopic (exact) mass is 466 g/mol. The summed E-state index contributed by atoms with van der Waals surface area (Å²) in [6, 6.07) is 3.82. The molecule has 0 saturated carbocycles. The molecular formula is C8H5BrI2O2. The molecule has 1 N–H and O–H groups in total. The van der Waals surface area contributed by atoms with Crippen LogP contribution in [0.4, 0.5) is 0 Å². The van der Waals surface area contributed by atoms with E-state index in [2.05, 4.69) is 61.1 Å². The van der Waals surface area contributed by atoms with E-state index in [0.717, 1.165) is 17.2 Å². The van der Waals surface area contributed by atoms with Crippen molar-refractivity contribution in [2.45, 2.75) is 6.42 Å². The van der Waals surface area contributed by atoms with Crippen molar-refractivity contribution in [1.82, 2.24) is 0 Å². The van der Waals surface area contributed by atoms with E-state index in [-0.39, 0.29) is 6.42 Å². The third-order valence-corrected chi connectivity index (χ3v) is 4.73. The second-order valence-corrected chi connectivity index (χ2v) is 5.61. The number of carbonyl (C=O) groups is 1. The summed E-state index contributed by atoms with van der Waals surface area (Å²) < 4.78 is 3.02. The molecule has 0 radical (unpaired) electrons. The number of hydrogen-bond donors (Lipinski definition) is 1. The number of halogens is 3. The average Bonchev–Trinajstić information content (AvgIpc) is 1.99. The number of rotatable bonds is 2. The molecule has 0 atom stereocenters. The first-order chi connectivity index (χ1) is 6.00. The van der Waals surface area contributed by atoms with Crippen LogP contribution in [0.3, 0.4) is 0 Å². The highest BCUT2D eigenvalue weighted by Crippen LogP contribution is 2.25. The van der Waals surface area contributed by atoms with Gasteiger partial charge in [0.2, 0.25) is 0 Å². The molecule has 0 fully saturated rings. The van der Waals surface area contributed by atoms with E-state index in [1.54, 1.807) is 0 Å². The lowest BCUT2D eigenvalue weighted by Gasteiger charge is -2.04. The fourth-order valence-electron chi connectivity index (χ4n) is 0.862. The zero-order chi connectivity index (χ0) is 10.0. The Morgan fingerprint density at radius 1 is 1.38 bits per heavy atom. The largest absolute Gasteiger partial charge is 0.481 e. The molecule has 0 aliphatic heterocycles. The molecule has 1 rings (SSSR count). The van der Waals surface area contributed by atoms with E-state index in [0.29, 0.717) is 0 Å². The smallest absolute Gasteiger partial charge is 0.307 e. The maximum atomic E-state index is 10.5. The fraction of sp³-hybridized carbons (Fsp3) is 0.125. The van der Waals surface area contributed by atoms with Gasteiger partial charge < -0.3 is 5.11 Å². The lowest BCUT2D eigenvalue weighted by molar-refractivity contribution is -0.136. The summed E-state index contributed by atoms with van der Waals surface area (Å²) in [5.41, 5.74) is 0.862. The van der Waals surface area contributed by atoms with E-state index in [1.807, 2.05) is 12.1 Å². The Bertz CT molecular complexity index is 352. The van der Waals surface area contributed by atoms with Gasteiger partial charge in [-0.1, -0.05) is 0 Å². The van der Waals surface area contributed by atoms with Gasteiger partial charge in [0, 0.05) is 11.6 Å². The van der Waals surface area contributed by atoms with Crippen molar-refractivity contribution in [2.24, 2.45) is 0 Å². The van der Waals surface area contributed by atoms with Gasteiger partial charge >= 0.3 is 5.97 Å². The fourth-order valence-corrected chi connectivity index (χ4v) is 2.82. The van der Waals surface area contributed by atoms with Gasteiger partial charge in [0.1, 0.15) is 0 Å². The van der Waals surface area contributed by atoms with E-state index >= 15 is 0 Å². The van der Waals surface area contributed by atoms with Gasteiger partial charge in [-0.2, -0.15) is 0 Å². The minimum absolute atomic E-state index is 0.0849. The van der Waals surface area contributed by atoms with E-state index < -0.39 is 5.97 Å². The molecule has 0 bridgehead atoms. The number of aliphatic carboxylic acids is 1. The molecular weight excluding hydrogens is 462 g/mol. The topological polar surface area (TPSA) is 37.3 Å². The minimum atomic E-state index is -0.795. The Morgan fingerprint density at radius 3 is 2.54 bits per heavy atom. The Morgan fingerprint density at radius 2 is 2.00 bits per heavy atom. The molecule has 1 aromatic rings. The van der Waals surface area contributed by atoms with Crippen molar-refractivity contribution in [1.29, 1.82) is 0 Å². The van der Waals surface area contributed by atoms with Gasteiger partial charge in [-0.05, 0) is 78.8 Å². The molecule has 1 aromatic carbocycles. The van der Waals surface area contributed by atoms with Gasteiger partial charge in [0.25, 0.3) is 0 Å². The van der Waals surface area contributed by atoms with Crippen LogP contribution in [-0.2, 0) is 11.2 Å². The third-order valence-electron chi connectivity index (χ3n) is 1.43. The first-order valence-corrected chi connectivity index (χ1v) is 6.31. The van der Waals surface area contributed by atoms with Crippen molar-refractivity contribution in [3.8, 4) is 0 Å². The van der Waals surface area contributed by atoms with E-state index in [4.69, 9.17) is 5.11 Å². The predicted octanol–water partition coefficient (Wildman–Crippen LogP) is 3.29. The quantitative estimate of drug-likeness (QED) is 0.536. The summed E-state index contributed by atoms with van der Waals surface area (Å²) in [5, 5.41) is 8.63. The summed E-state index contributed by atoms with van der Waals surface area (Å²) in [7, 11) is 0. The number of hydrogen-bond acceptors (Lipinski definition) is 1. The van der Waals surface area contributed by atoms with Crippen LogP contribution in [0.25, 0.3) is 0 Å². The highest BCUT2D eigenvalue weighted by molar-refractivity contribution is 14.1. The Hall–Kier alpha value is 0.630. The van der Waals surface area contributed by atoms with Crippen molar-refractivity contribution in [3.05, 3.63) is 29.3 Å². The molecule has 0 unspecified atom stereocenters. The van der Waals surface area contributed by atoms with Crippen molar-refractivity contribution >= 4 is 67.1 Å². The molecule has 0 spiro atoms. The van der Waals surface area contributed by atoms with Crippen molar-refractivity contribution < 1.29 is 9.90 Å². The van der Waals surface area contributed by atoms with Crippen molar-refractivity contribution in [3.63, 3.8) is 0 Å². The minimum Gasteiger partial charge on any atom is -0.481 e. The second kappa shape index (κ2) is 4.92. The van der Waals surface area contributed by atoms with Crippen LogP contribution in [0, 0.1) is 7.14 Å². The van der Waals surface area contributed by atoms with Gasteiger partial charge in [0.15, 0.2) is 0 Å². The Labute approximate surface area is 112 Å². The highest BCUT2D eigenvalue weighted by Gasteiger charge is 2.07. The number of benzene rings is 1. The molecule has 2 nitrogen and oxygen atoms in total. The van der Waals surface area contributed by atoms with Gasteiger partial charge in [0.05, 0.1) is 6.42 Å². The van der Waals surface area contributed by atoms with Crippen molar-refractivity contribution in [2.75, 3.05) is 0 Å². The summed E-state index contributed by atoms with van der Waals surface area (Å²) in [4.78, 5) is 10.5. The summed E-state index contributed by atoms with van der Waals surface area (Å²) in [6.45, 7) is 0. The van der Waals surface area contributed by atoms with Crippen LogP contribution >= 0.6 is 61.1 Å². The van der Waals surface area contributed by atoms with Crippen LogP contribution in [0.15, 0.2) is 16.6 Å². The van der Waals surface area contributed by atoms with Gasteiger partial charge in [-0.25, -0.2) is 0 Å². The Kier molecular flexibility index (Phi) is 4.43. The average molecular weight is 467 g/mol. The molecule has 70 valence electrons. The molecule has 0 heterocycles.